The van der Waals surface area contributed by atoms with E-state index in [1.807, 2.05) is 0 Å². The molecule has 176 valence electrons. The van der Waals surface area contributed by atoms with Crippen LogP contribution in [0.25, 0.3) is 0 Å². The molecule has 0 N–H and O–H groups in total. The van der Waals surface area contributed by atoms with Crippen LogP contribution in [0.1, 0.15) is 69.3 Å². The normalized spacial score (nSPS) is 15.5. The summed E-state index contributed by atoms with van der Waals surface area (Å²) in [6.45, 7) is 8.44. The number of ether oxygens (including phenoxy) is 3. The minimum Gasteiger partial charge on any atom is -0.466 e. The van der Waals surface area contributed by atoms with Gasteiger partial charge in [-0.2, -0.15) is 0 Å². The van der Waals surface area contributed by atoms with Crippen LogP contribution < -0.4 is 0 Å². The van der Waals surface area contributed by atoms with Crippen LogP contribution in [-0.4, -0.2) is 53.9 Å². The average molecular weight is 448 g/mol. The number of carbonyl (C=O) groups excluding carboxylic acids is 4. The van der Waals surface area contributed by atoms with Crippen LogP contribution in [0.2, 0.25) is 0 Å². The van der Waals surface area contributed by atoms with Gasteiger partial charge in [0.2, 0.25) is 0 Å². The molecule has 1 unspecified atom stereocenters. The number of ketones is 2. The summed E-state index contributed by atoms with van der Waals surface area (Å²) in [4.78, 5) is 56.7. The molecule has 0 aromatic carbocycles. The lowest BCUT2D eigenvalue weighted by atomic mass is 9.73. The van der Waals surface area contributed by atoms with Crippen molar-refractivity contribution in [2.24, 2.45) is 11.3 Å². The molecule has 0 spiro atoms. The molecule has 1 fully saturated rings. The Bertz CT molecular complexity index is 854. The molecule has 32 heavy (non-hydrogen) atoms. The number of esters is 2. The van der Waals surface area contributed by atoms with E-state index in [9.17, 15) is 19.2 Å². The Hall–Kier alpha value is -2.61. The lowest BCUT2D eigenvalue weighted by Gasteiger charge is -2.32. The number of hydrogen-bond acceptors (Lipinski definition) is 8. The molecule has 8 heteroatoms. The molecule has 0 amide bonds. The Morgan fingerprint density at radius 3 is 2.38 bits per heavy atom. The Morgan fingerprint density at radius 1 is 1.12 bits per heavy atom. The molecule has 1 atom stereocenters. The predicted octanol–water partition coefficient (Wildman–Crippen LogP) is 3.24. The van der Waals surface area contributed by atoms with Crippen molar-refractivity contribution >= 4 is 23.5 Å². The van der Waals surface area contributed by atoms with Gasteiger partial charge < -0.3 is 14.2 Å². The number of aromatic nitrogens is 1. The highest BCUT2D eigenvalue weighted by Crippen LogP contribution is 2.35. The van der Waals surface area contributed by atoms with Crippen LogP contribution in [0.3, 0.4) is 0 Å². The molecular weight excluding hydrogens is 414 g/mol. The van der Waals surface area contributed by atoms with Crippen LogP contribution in [0.15, 0.2) is 18.5 Å². The monoisotopic (exact) mass is 447 g/mol. The van der Waals surface area contributed by atoms with E-state index >= 15 is 0 Å². The molecule has 2 rings (SSSR count). The number of carbonyl (C=O) groups is 4. The van der Waals surface area contributed by atoms with E-state index in [4.69, 9.17) is 14.2 Å². The van der Waals surface area contributed by atoms with E-state index < -0.39 is 41.1 Å². The number of rotatable bonds is 12. The molecule has 1 aliphatic rings. The summed E-state index contributed by atoms with van der Waals surface area (Å²) < 4.78 is 16.0. The average Bonchev–Trinajstić information content (AvgIpc) is 3.51. The lowest BCUT2D eigenvalue weighted by molar-refractivity contribution is -0.168. The van der Waals surface area contributed by atoms with E-state index in [1.54, 1.807) is 46.9 Å². The molecule has 1 aromatic heterocycles. The van der Waals surface area contributed by atoms with Crippen molar-refractivity contribution < 1.29 is 33.4 Å². The highest BCUT2D eigenvalue weighted by molar-refractivity contribution is 6.27. The predicted molar refractivity (Wildman–Crippen MR) is 116 cm³/mol. The number of nitrogens with zero attached hydrogens (tertiary/aromatic N) is 1. The Morgan fingerprint density at radius 2 is 1.81 bits per heavy atom. The van der Waals surface area contributed by atoms with Crippen molar-refractivity contribution in [2.75, 3.05) is 19.8 Å². The summed E-state index contributed by atoms with van der Waals surface area (Å²) in [5, 5.41) is 0. The maximum atomic E-state index is 13.7. The fraction of sp³-hybridized carbons (Fsp3) is 0.625. The van der Waals surface area contributed by atoms with E-state index in [1.165, 1.54) is 6.20 Å². The first-order valence-corrected chi connectivity index (χ1v) is 11.0. The van der Waals surface area contributed by atoms with Gasteiger partial charge >= 0.3 is 11.9 Å². The second-order valence-electron chi connectivity index (χ2n) is 9.17. The number of aryl methyl sites for hydroxylation is 1. The smallest absolute Gasteiger partial charge is 0.328 e. The van der Waals surface area contributed by atoms with Crippen molar-refractivity contribution in [3.63, 3.8) is 0 Å². The molecule has 1 heterocycles. The van der Waals surface area contributed by atoms with Gasteiger partial charge in [0, 0.05) is 31.0 Å². The van der Waals surface area contributed by atoms with Crippen LogP contribution in [0, 0.1) is 18.3 Å². The lowest BCUT2D eigenvalue weighted by Crippen LogP contribution is -2.51. The second kappa shape index (κ2) is 10.8. The van der Waals surface area contributed by atoms with Gasteiger partial charge in [0.25, 0.3) is 0 Å². The minimum absolute atomic E-state index is 0.0928. The Labute approximate surface area is 189 Å². The number of hydrogen-bond donors (Lipinski definition) is 0. The topological polar surface area (TPSA) is 109 Å². The standard InChI is InChI=1S/C24H33NO7/c1-6-31-20(27)9-10-24(22(29)32-23(3,4)5,19(26)15-30-14-17-7-8-17)21(28)18-11-16(2)12-25-13-18/h11-13,17H,6-10,14-15H2,1-5H3. The van der Waals surface area contributed by atoms with Crippen LogP contribution in [0.5, 0.6) is 0 Å². The number of pyridine rings is 1. The summed E-state index contributed by atoms with van der Waals surface area (Å²) in [6.07, 6.45) is 4.25. The largest absolute Gasteiger partial charge is 0.466 e. The fourth-order valence-electron chi connectivity index (χ4n) is 3.23. The maximum absolute atomic E-state index is 13.7. The summed E-state index contributed by atoms with van der Waals surface area (Å²) in [5.74, 6) is -2.70. The van der Waals surface area contributed by atoms with Crippen molar-refractivity contribution in [3.8, 4) is 0 Å². The first kappa shape index (κ1) is 25.6. The Kier molecular flexibility index (Phi) is 8.66. The van der Waals surface area contributed by atoms with E-state index in [0.717, 1.165) is 12.8 Å². The quantitative estimate of drug-likeness (QED) is 0.273. The summed E-state index contributed by atoms with van der Waals surface area (Å²) >= 11 is 0. The van der Waals surface area contributed by atoms with E-state index in [-0.39, 0.29) is 25.0 Å². The van der Waals surface area contributed by atoms with Gasteiger partial charge in [-0.1, -0.05) is 0 Å². The molecule has 0 saturated heterocycles. The fourth-order valence-corrected chi connectivity index (χ4v) is 3.23. The van der Waals surface area contributed by atoms with Gasteiger partial charge in [-0.25, -0.2) is 0 Å². The van der Waals surface area contributed by atoms with Crippen LogP contribution in [0.4, 0.5) is 0 Å². The number of Topliss-reactive ketones (excluding diaryl/α,β-unsaturated/α-hetero) is 2. The first-order valence-electron chi connectivity index (χ1n) is 11.0. The molecule has 0 bridgehead atoms. The van der Waals surface area contributed by atoms with Gasteiger partial charge in [0.1, 0.15) is 12.2 Å². The zero-order chi connectivity index (χ0) is 23.9. The van der Waals surface area contributed by atoms with Gasteiger partial charge in [-0.15, -0.1) is 0 Å². The second-order valence-corrected chi connectivity index (χ2v) is 9.17. The van der Waals surface area contributed by atoms with E-state index in [2.05, 4.69) is 4.98 Å². The van der Waals surface area contributed by atoms with Crippen molar-refractivity contribution in [2.45, 2.75) is 65.9 Å². The zero-order valence-electron chi connectivity index (χ0n) is 19.6. The molecule has 8 nitrogen and oxygen atoms in total. The SMILES string of the molecule is CCOC(=O)CCC(C(=O)COCC1CC1)(C(=O)OC(C)(C)C)C(=O)c1cncc(C)c1. The summed E-state index contributed by atoms with van der Waals surface area (Å²) in [6, 6.07) is 1.55. The molecule has 0 aliphatic heterocycles. The van der Waals surface area contributed by atoms with Crippen molar-refractivity contribution in [3.05, 3.63) is 29.6 Å². The molecule has 1 aliphatic carbocycles. The van der Waals surface area contributed by atoms with Crippen LogP contribution >= 0.6 is 0 Å². The van der Waals surface area contributed by atoms with Gasteiger partial charge in [0.15, 0.2) is 17.0 Å². The van der Waals surface area contributed by atoms with E-state index in [0.29, 0.717) is 18.1 Å². The van der Waals surface area contributed by atoms with Crippen molar-refractivity contribution in [1.82, 2.24) is 4.98 Å². The van der Waals surface area contributed by atoms with Gasteiger partial charge in [0.05, 0.1) is 6.61 Å². The minimum atomic E-state index is -2.24. The van der Waals surface area contributed by atoms with Crippen molar-refractivity contribution in [1.29, 1.82) is 0 Å². The summed E-state index contributed by atoms with van der Waals surface area (Å²) in [5.41, 5.74) is -2.40. The first-order chi connectivity index (χ1) is 15.0. The highest BCUT2D eigenvalue weighted by atomic mass is 16.6. The van der Waals surface area contributed by atoms with Gasteiger partial charge in [-0.05, 0) is 71.4 Å². The molecular formula is C24H33NO7. The molecule has 1 saturated carbocycles. The summed E-state index contributed by atoms with van der Waals surface area (Å²) in [7, 11) is 0. The molecule has 1 aromatic rings. The maximum Gasteiger partial charge on any atom is 0.328 e. The third kappa shape index (κ3) is 6.95. The zero-order valence-corrected chi connectivity index (χ0v) is 19.6. The third-order valence-electron chi connectivity index (χ3n) is 5.04. The molecule has 0 radical (unpaired) electrons. The highest BCUT2D eigenvalue weighted by Gasteiger charge is 2.54. The van der Waals surface area contributed by atoms with Crippen LogP contribution in [-0.2, 0) is 28.6 Å². The third-order valence-corrected chi connectivity index (χ3v) is 5.04. The van der Waals surface area contributed by atoms with Gasteiger partial charge in [-0.3, -0.25) is 24.2 Å². The Balaban J connectivity index is 2.46.